The molecule has 594 valence electrons. The van der Waals surface area contributed by atoms with Gasteiger partial charge in [0.2, 0.25) is 0 Å². The van der Waals surface area contributed by atoms with E-state index in [2.05, 4.69) is 34.6 Å². The van der Waals surface area contributed by atoms with E-state index in [0.29, 0.717) is 25.7 Å². The monoisotopic (exact) mass is 1470 g/mol. The van der Waals surface area contributed by atoms with Crippen molar-refractivity contribution < 1.29 is 80.2 Å². The highest BCUT2D eigenvalue weighted by molar-refractivity contribution is 7.47. The Balaban J connectivity index is 5.09. The number of hydrogen-bond donors (Lipinski definition) is 3. The number of phosphoric acid groups is 2. The molecule has 0 aliphatic rings. The predicted octanol–water partition coefficient (Wildman–Crippen LogP) is 24.4. The van der Waals surface area contributed by atoms with Crippen molar-refractivity contribution in [1.82, 2.24) is 0 Å². The van der Waals surface area contributed by atoms with Gasteiger partial charge in [-0.25, -0.2) is 9.13 Å². The molecular formula is C81H158O17P2. The van der Waals surface area contributed by atoms with Crippen molar-refractivity contribution in [3.05, 3.63) is 0 Å². The fraction of sp³-hybridized carbons (Fsp3) is 0.951. The van der Waals surface area contributed by atoms with Gasteiger partial charge in [-0.3, -0.25) is 37.3 Å². The first-order valence-corrected chi connectivity index (χ1v) is 45.1. The lowest BCUT2D eigenvalue weighted by Crippen LogP contribution is -2.30. The van der Waals surface area contributed by atoms with Crippen molar-refractivity contribution in [2.75, 3.05) is 39.6 Å². The van der Waals surface area contributed by atoms with Crippen LogP contribution in [0, 0.1) is 5.92 Å². The molecule has 0 amide bonds. The molecular weight excluding hydrogens is 1310 g/mol. The van der Waals surface area contributed by atoms with E-state index in [1.165, 1.54) is 250 Å². The van der Waals surface area contributed by atoms with Gasteiger partial charge < -0.3 is 33.8 Å². The van der Waals surface area contributed by atoms with Gasteiger partial charge in [-0.1, -0.05) is 381 Å². The zero-order valence-electron chi connectivity index (χ0n) is 65.3. The smallest absolute Gasteiger partial charge is 0.462 e. The SMILES string of the molecule is CCCCCCCCCCCCCCCCCCCCCCCCC(=O)O[C@H](COC(=O)CCCCCCCCCCCCCCCCCCCCCCC)COP(=O)(O)OC[C@@H](O)COP(=O)(O)OC[C@@H](COC(=O)CCCCCCC)OC(=O)CCCCCCCCCCCC(C)C. The van der Waals surface area contributed by atoms with Gasteiger partial charge in [0.1, 0.15) is 19.3 Å². The fourth-order valence-electron chi connectivity index (χ4n) is 12.6. The first-order valence-electron chi connectivity index (χ1n) is 42.1. The zero-order valence-corrected chi connectivity index (χ0v) is 67.1. The normalized spacial score (nSPS) is 13.8. The summed E-state index contributed by atoms with van der Waals surface area (Å²) < 4.78 is 68.4. The van der Waals surface area contributed by atoms with Gasteiger partial charge in [-0.05, 0) is 31.6 Å². The van der Waals surface area contributed by atoms with Crippen molar-refractivity contribution in [2.24, 2.45) is 5.92 Å². The average molecular weight is 1470 g/mol. The number of carbonyl (C=O) groups excluding carboxylic acids is 4. The lowest BCUT2D eigenvalue weighted by atomic mass is 10.0. The molecule has 0 radical (unpaired) electrons. The van der Waals surface area contributed by atoms with Crippen LogP contribution >= 0.6 is 15.6 Å². The van der Waals surface area contributed by atoms with E-state index in [4.69, 9.17) is 37.0 Å². The summed E-state index contributed by atoms with van der Waals surface area (Å²) in [5, 5.41) is 10.6. The Morgan fingerprint density at radius 2 is 0.460 bits per heavy atom. The third-order valence-electron chi connectivity index (χ3n) is 19.0. The van der Waals surface area contributed by atoms with Gasteiger partial charge >= 0.3 is 39.5 Å². The highest BCUT2D eigenvalue weighted by Gasteiger charge is 2.30. The van der Waals surface area contributed by atoms with Crippen LogP contribution in [0.5, 0.6) is 0 Å². The summed E-state index contributed by atoms with van der Waals surface area (Å²) in [6.07, 6.45) is 66.0. The quantitative estimate of drug-likeness (QED) is 0.0222. The lowest BCUT2D eigenvalue weighted by Gasteiger charge is -2.21. The van der Waals surface area contributed by atoms with Crippen molar-refractivity contribution in [2.45, 2.75) is 451 Å². The van der Waals surface area contributed by atoms with Gasteiger partial charge in [-0.15, -0.1) is 0 Å². The van der Waals surface area contributed by atoms with E-state index >= 15 is 0 Å². The molecule has 5 atom stereocenters. The van der Waals surface area contributed by atoms with Crippen LogP contribution < -0.4 is 0 Å². The first kappa shape index (κ1) is 98.1. The maximum Gasteiger partial charge on any atom is 0.472 e. The summed E-state index contributed by atoms with van der Waals surface area (Å²) in [6, 6.07) is 0. The number of rotatable bonds is 81. The summed E-state index contributed by atoms with van der Waals surface area (Å²) in [5.41, 5.74) is 0. The molecule has 0 rings (SSSR count). The molecule has 0 aromatic heterocycles. The molecule has 0 aromatic carbocycles. The molecule has 3 N–H and O–H groups in total. The molecule has 2 unspecified atom stereocenters. The third-order valence-corrected chi connectivity index (χ3v) is 20.9. The number of carbonyl (C=O) groups is 4. The van der Waals surface area contributed by atoms with Gasteiger partial charge in [-0.2, -0.15) is 0 Å². The molecule has 0 spiro atoms. The van der Waals surface area contributed by atoms with Gasteiger partial charge in [0.05, 0.1) is 26.4 Å². The summed E-state index contributed by atoms with van der Waals surface area (Å²) in [6.45, 7) is 7.20. The van der Waals surface area contributed by atoms with Crippen molar-refractivity contribution in [3.8, 4) is 0 Å². The number of aliphatic hydroxyl groups excluding tert-OH is 1. The molecule has 0 heterocycles. The second-order valence-corrected chi connectivity index (χ2v) is 32.5. The summed E-state index contributed by atoms with van der Waals surface area (Å²) in [4.78, 5) is 72.6. The number of aliphatic hydroxyl groups is 1. The highest BCUT2D eigenvalue weighted by atomic mass is 31.2. The Hall–Kier alpha value is -1.94. The van der Waals surface area contributed by atoms with E-state index in [9.17, 15) is 43.2 Å². The van der Waals surface area contributed by atoms with Crippen LogP contribution in [-0.2, 0) is 65.4 Å². The van der Waals surface area contributed by atoms with Crippen molar-refractivity contribution >= 4 is 39.5 Å². The second kappa shape index (κ2) is 73.9. The Kier molecular flexibility index (Phi) is 72.5. The molecule has 0 fully saturated rings. The molecule has 0 bridgehead atoms. The standard InChI is InChI=1S/C81H158O17P2/c1-6-9-12-15-17-19-21-23-25-27-29-31-33-35-37-39-41-43-47-51-56-61-66-80(85)98-77(71-92-79(84)65-60-55-50-46-42-40-38-36-34-32-30-28-26-24-22-20-18-16-13-10-7-2)73-96-100(89,90)94-69-75(82)68-93-99(87,88)95-72-76(70-91-78(83)64-59-53-14-11-8-3)97-81(86)67-62-57-52-48-44-45-49-54-58-63-74(4)5/h74-77,82H,6-73H2,1-5H3,(H,87,88)(H,89,90)/t75-,76+,77+/m0/s1. The molecule has 19 heteroatoms. The maximum absolute atomic E-state index is 13.1. The minimum Gasteiger partial charge on any atom is -0.462 e. The summed E-state index contributed by atoms with van der Waals surface area (Å²) in [7, 11) is -9.91. The predicted molar refractivity (Wildman–Crippen MR) is 409 cm³/mol. The number of hydrogen-bond acceptors (Lipinski definition) is 15. The van der Waals surface area contributed by atoms with Gasteiger partial charge in [0, 0.05) is 25.7 Å². The Bertz CT molecular complexity index is 1910. The zero-order chi connectivity index (χ0) is 73.4. The Morgan fingerprint density at radius 1 is 0.270 bits per heavy atom. The number of esters is 4. The topological polar surface area (TPSA) is 237 Å². The molecule has 0 aromatic rings. The van der Waals surface area contributed by atoms with Crippen LogP contribution in [0.15, 0.2) is 0 Å². The minimum atomic E-state index is -4.96. The third kappa shape index (κ3) is 74.3. The van der Waals surface area contributed by atoms with Crippen LogP contribution in [0.1, 0.15) is 433 Å². The minimum absolute atomic E-state index is 0.105. The van der Waals surface area contributed by atoms with E-state index in [0.717, 1.165) is 102 Å². The van der Waals surface area contributed by atoms with Gasteiger partial charge in [0.15, 0.2) is 12.2 Å². The largest absolute Gasteiger partial charge is 0.472 e. The number of ether oxygens (including phenoxy) is 4. The van der Waals surface area contributed by atoms with Gasteiger partial charge in [0.25, 0.3) is 0 Å². The molecule has 0 aliphatic carbocycles. The van der Waals surface area contributed by atoms with Crippen LogP contribution in [0.4, 0.5) is 0 Å². The Morgan fingerprint density at radius 3 is 0.680 bits per heavy atom. The van der Waals surface area contributed by atoms with Crippen LogP contribution in [0.2, 0.25) is 0 Å². The number of phosphoric ester groups is 2. The number of unbranched alkanes of at least 4 members (excludes halogenated alkanes) is 53. The first-order chi connectivity index (χ1) is 48.5. The van der Waals surface area contributed by atoms with Crippen LogP contribution in [-0.4, -0.2) is 96.7 Å². The molecule has 0 saturated heterocycles. The van der Waals surface area contributed by atoms with Crippen molar-refractivity contribution in [3.63, 3.8) is 0 Å². The molecule has 17 nitrogen and oxygen atoms in total. The summed E-state index contributed by atoms with van der Waals surface area (Å²) in [5.74, 6) is -1.39. The van der Waals surface area contributed by atoms with E-state index in [-0.39, 0.29) is 25.7 Å². The Labute approximate surface area is 613 Å². The molecule has 0 saturated carbocycles. The fourth-order valence-corrected chi connectivity index (χ4v) is 14.2. The highest BCUT2D eigenvalue weighted by Crippen LogP contribution is 2.45. The second-order valence-electron chi connectivity index (χ2n) is 29.6. The van der Waals surface area contributed by atoms with E-state index < -0.39 is 97.5 Å². The average Bonchev–Trinajstić information content (AvgIpc) is 0.917. The van der Waals surface area contributed by atoms with Crippen LogP contribution in [0.3, 0.4) is 0 Å². The van der Waals surface area contributed by atoms with E-state index in [1.807, 2.05) is 0 Å². The van der Waals surface area contributed by atoms with E-state index in [1.54, 1.807) is 0 Å². The molecule has 100 heavy (non-hydrogen) atoms. The van der Waals surface area contributed by atoms with Crippen molar-refractivity contribution in [1.29, 1.82) is 0 Å². The summed E-state index contributed by atoms with van der Waals surface area (Å²) >= 11 is 0. The maximum atomic E-state index is 13.1. The van der Waals surface area contributed by atoms with Crippen LogP contribution in [0.25, 0.3) is 0 Å². The lowest BCUT2D eigenvalue weighted by molar-refractivity contribution is -0.161. The molecule has 0 aliphatic heterocycles.